The third kappa shape index (κ3) is 4.48. The first kappa shape index (κ1) is 19.6. The molecule has 0 aromatic carbocycles. The number of pyridine rings is 1. The van der Waals surface area contributed by atoms with Gasteiger partial charge in [-0.15, -0.1) is 23.1 Å². The second-order valence-electron chi connectivity index (χ2n) is 6.56. The lowest BCUT2D eigenvalue weighted by Crippen LogP contribution is -2.32. The summed E-state index contributed by atoms with van der Waals surface area (Å²) >= 11 is 3.08. The van der Waals surface area contributed by atoms with Crippen molar-refractivity contribution in [2.45, 2.75) is 41.4 Å². The molecular weight excluding hydrogens is 414 g/mol. The maximum atomic E-state index is 12.8. The number of sulfonamides is 1. The monoisotopic (exact) mass is 435 g/mol. The van der Waals surface area contributed by atoms with Gasteiger partial charge < -0.3 is 4.42 Å². The van der Waals surface area contributed by atoms with E-state index in [4.69, 9.17) is 4.42 Å². The van der Waals surface area contributed by atoms with Gasteiger partial charge in [0.1, 0.15) is 4.90 Å². The Morgan fingerprint density at radius 2 is 1.96 bits per heavy atom. The zero-order chi connectivity index (χ0) is 19.4. The Bertz CT molecular complexity index is 991. The van der Waals surface area contributed by atoms with Crippen molar-refractivity contribution in [1.82, 2.24) is 14.3 Å². The first-order valence-electron chi connectivity index (χ1n) is 9.20. The Morgan fingerprint density at radius 1 is 1.14 bits per heavy atom. The zero-order valence-electron chi connectivity index (χ0n) is 15.3. The molecule has 9 heteroatoms. The van der Waals surface area contributed by atoms with E-state index in [0.29, 0.717) is 18.8 Å². The highest BCUT2D eigenvalue weighted by Gasteiger charge is 2.25. The van der Waals surface area contributed by atoms with E-state index in [1.54, 1.807) is 34.0 Å². The highest BCUT2D eigenvalue weighted by Crippen LogP contribution is 2.28. The number of nitrogens with zero attached hydrogens (tertiary/aromatic N) is 3. The van der Waals surface area contributed by atoms with Crippen LogP contribution in [0.2, 0.25) is 0 Å². The number of rotatable bonds is 6. The van der Waals surface area contributed by atoms with Crippen LogP contribution >= 0.6 is 23.1 Å². The van der Waals surface area contributed by atoms with Gasteiger partial charge in [-0.2, -0.15) is 4.31 Å². The number of thioether (sulfide) groups is 1. The van der Waals surface area contributed by atoms with Gasteiger partial charge in [-0.05, 0) is 37.1 Å². The molecule has 1 aliphatic heterocycles. The number of hydrogen-bond donors (Lipinski definition) is 0. The molecule has 1 fully saturated rings. The number of hydrogen-bond acceptors (Lipinski definition) is 7. The molecule has 0 radical (unpaired) electrons. The summed E-state index contributed by atoms with van der Waals surface area (Å²) < 4.78 is 32.6. The summed E-state index contributed by atoms with van der Waals surface area (Å²) in [5, 5.41) is 3.64. The predicted molar refractivity (Wildman–Crippen MR) is 111 cm³/mol. The topological polar surface area (TPSA) is 76.3 Å². The van der Waals surface area contributed by atoms with Gasteiger partial charge in [-0.1, -0.05) is 12.8 Å². The lowest BCUT2D eigenvalue weighted by Gasteiger charge is -2.19. The van der Waals surface area contributed by atoms with E-state index < -0.39 is 10.0 Å². The van der Waals surface area contributed by atoms with Gasteiger partial charge in [0.15, 0.2) is 10.8 Å². The molecule has 4 heterocycles. The molecule has 1 aliphatic rings. The van der Waals surface area contributed by atoms with Crippen LogP contribution in [0, 0.1) is 0 Å². The van der Waals surface area contributed by atoms with E-state index >= 15 is 0 Å². The third-order valence-electron chi connectivity index (χ3n) is 4.56. The number of thiazole rings is 1. The fourth-order valence-corrected chi connectivity index (χ4v) is 6.16. The van der Waals surface area contributed by atoms with Crippen molar-refractivity contribution < 1.29 is 12.8 Å². The summed E-state index contributed by atoms with van der Waals surface area (Å²) in [6, 6.07) is 7.16. The second-order valence-corrected chi connectivity index (χ2v) is 10.4. The van der Waals surface area contributed by atoms with Gasteiger partial charge in [0.05, 0.1) is 17.0 Å². The summed E-state index contributed by atoms with van der Waals surface area (Å²) in [5.74, 6) is 1.44. The molecule has 4 rings (SSSR count). The average molecular weight is 436 g/mol. The fourth-order valence-electron chi connectivity index (χ4n) is 3.07. The summed E-state index contributed by atoms with van der Waals surface area (Å²) in [7, 11) is -3.45. The van der Waals surface area contributed by atoms with Crippen molar-refractivity contribution in [2.24, 2.45) is 0 Å². The van der Waals surface area contributed by atoms with Gasteiger partial charge in [-0.25, -0.2) is 18.4 Å². The minimum Gasteiger partial charge on any atom is -0.462 e. The number of furan rings is 1. The molecule has 28 heavy (non-hydrogen) atoms. The molecular formula is C19H21N3O3S3. The maximum Gasteiger partial charge on any atom is 0.244 e. The van der Waals surface area contributed by atoms with Crippen LogP contribution in [-0.4, -0.2) is 35.8 Å². The molecule has 6 nitrogen and oxygen atoms in total. The first-order chi connectivity index (χ1) is 13.6. The molecule has 0 saturated carbocycles. The smallest absolute Gasteiger partial charge is 0.244 e. The van der Waals surface area contributed by atoms with Crippen molar-refractivity contribution in [1.29, 1.82) is 0 Å². The van der Waals surface area contributed by atoms with Crippen molar-refractivity contribution in [3.63, 3.8) is 0 Å². The third-order valence-corrected chi connectivity index (χ3v) is 8.33. The van der Waals surface area contributed by atoms with Crippen molar-refractivity contribution in [2.75, 3.05) is 13.1 Å². The Hall–Kier alpha value is -1.68. The molecule has 1 saturated heterocycles. The summed E-state index contributed by atoms with van der Waals surface area (Å²) in [5.41, 5.74) is 0.949. The fraction of sp³-hybridized carbons (Fsp3) is 0.368. The number of aromatic nitrogens is 2. The van der Waals surface area contributed by atoms with Crippen LogP contribution in [0.1, 0.15) is 31.4 Å². The Kier molecular flexibility index (Phi) is 6.15. The van der Waals surface area contributed by atoms with E-state index in [-0.39, 0.29) is 4.90 Å². The average Bonchev–Trinajstić information content (AvgIpc) is 3.32. The van der Waals surface area contributed by atoms with Crippen LogP contribution in [0.3, 0.4) is 0 Å². The van der Waals surface area contributed by atoms with Gasteiger partial charge in [0, 0.05) is 30.4 Å². The van der Waals surface area contributed by atoms with Crippen LogP contribution in [-0.2, 0) is 15.8 Å². The largest absolute Gasteiger partial charge is 0.462 e. The molecule has 0 spiro atoms. The molecule has 3 aromatic heterocycles. The van der Waals surface area contributed by atoms with Crippen molar-refractivity contribution in [3.8, 4) is 10.8 Å². The Labute approximate surface area is 173 Å². The lowest BCUT2D eigenvalue weighted by atomic mass is 10.2. The second kappa shape index (κ2) is 8.77. The zero-order valence-corrected chi connectivity index (χ0v) is 17.7. The van der Waals surface area contributed by atoms with Crippen molar-refractivity contribution in [3.05, 3.63) is 47.8 Å². The Morgan fingerprint density at radius 3 is 2.64 bits per heavy atom. The van der Waals surface area contributed by atoms with E-state index in [9.17, 15) is 8.42 Å². The van der Waals surface area contributed by atoms with Gasteiger partial charge in [0.25, 0.3) is 0 Å². The van der Waals surface area contributed by atoms with Gasteiger partial charge in [0.2, 0.25) is 10.0 Å². The molecule has 3 aromatic rings. The molecule has 0 unspecified atom stereocenters. The molecule has 0 bridgehead atoms. The van der Waals surface area contributed by atoms with Crippen LogP contribution in [0.5, 0.6) is 0 Å². The van der Waals surface area contributed by atoms with Crippen LogP contribution < -0.4 is 0 Å². The quantitative estimate of drug-likeness (QED) is 0.524. The van der Waals surface area contributed by atoms with Crippen LogP contribution in [0.4, 0.5) is 0 Å². The van der Waals surface area contributed by atoms with Gasteiger partial charge >= 0.3 is 0 Å². The molecule has 0 amide bonds. The van der Waals surface area contributed by atoms with Crippen LogP contribution in [0.15, 0.2) is 56.4 Å². The standard InChI is InChI=1S/C19H21N3O3S3/c23-28(24,22-9-3-1-2-4-10-22)16-7-8-18(20-12-16)26-13-15-14-27-19(21-15)17-6-5-11-25-17/h5-8,11-12,14H,1-4,9-10,13H2. The molecule has 0 atom stereocenters. The lowest BCUT2D eigenvalue weighted by molar-refractivity contribution is 0.423. The Balaban J connectivity index is 1.39. The maximum absolute atomic E-state index is 12.8. The molecule has 148 valence electrons. The van der Waals surface area contributed by atoms with E-state index in [1.807, 2.05) is 17.5 Å². The first-order valence-corrected chi connectivity index (χ1v) is 12.5. The van der Waals surface area contributed by atoms with E-state index in [0.717, 1.165) is 47.2 Å². The van der Waals surface area contributed by atoms with Crippen LogP contribution in [0.25, 0.3) is 10.8 Å². The summed E-state index contributed by atoms with van der Waals surface area (Å²) in [4.78, 5) is 9.19. The normalized spacial score (nSPS) is 16.1. The van der Waals surface area contributed by atoms with Gasteiger partial charge in [-0.3, -0.25) is 0 Å². The SMILES string of the molecule is O=S(=O)(c1ccc(SCc2csc(-c3ccco3)n2)nc1)N1CCCCCC1. The highest BCUT2D eigenvalue weighted by atomic mass is 32.2. The van der Waals surface area contributed by atoms with Crippen molar-refractivity contribution >= 4 is 33.1 Å². The minimum absolute atomic E-state index is 0.271. The van der Waals surface area contributed by atoms with E-state index in [2.05, 4.69) is 9.97 Å². The summed E-state index contributed by atoms with van der Waals surface area (Å²) in [6.07, 6.45) is 7.15. The summed E-state index contributed by atoms with van der Waals surface area (Å²) in [6.45, 7) is 1.20. The highest BCUT2D eigenvalue weighted by molar-refractivity contribution is 7.98. The molecule has 0 aliphatic carbocycles. The van der Waals surface area contributed by atoms with E-state index in [1.165, 1.54) is 18.0 Å². The molecule has 0 N–H and O–H groups in total. The minimum atomic E-state index is -3.45. The predicted octanol–water partition coefficient (Wildman–Crippen LogP) is 4.66.